The van der Waals surface area contributed by atoms with Gasteiger partial charge in [-0.3, -0.25) is 9.59 Å². The predicted octanol–water partition coefficient (Wildman–Crippen LogP) is 0.660. The van der Waals surface area contributed by atoms with E-state index in [1.807, 2.05) is 0 Å². The van der Waals surface area contributed by atoms with Gasteiger partial charge in [0.25, 0.3) is 0 Å². The van der Waals surface area contributed by atoms with Crippen molar-refractivity contribution in [1.29, 1.82) is 0 Å². The van der Waals surface area contributed by atoms with E-state index in [1.54, 1.807) is 28.4 Å². The first-order valence-corrected chi connectivity index (χ1v) is 11.5. The first-order valence-electron chi connectivity index (χ1n) is 7.99. The van der Waals surface area contributed by atoms with Gasteiger partial charge in [0.15, 0.2) is 0 Å². The summed E-state index contributed by atoms with van der Waals surface area (Å²) in [5.74, 6) is -0.794. The van der Waals surface area contributed by atoms with Crippen LogP contribution in [-0.2, 0) is 36.8 Å². The molecular weight excluding hydrogens is 352 g/mol. The van der Waals surface area contributed by atoms with Gasteiger partial charge in [0.05, 0.1) is 26.1 Å². The molecule has 142 valence electrons. The summed E-state index contributed by atoms with van der Waals surface area (Å²) in [5, 5.41) is 0. The lowest BCUT2D eigenvalue weighted by atomic mass is 10.3. The molecule has 0 heterocycles. The average Bonchev–Trinajstić information content (AvgIpc) is 2.60. The minimum atomic E-state index is -1.60. The number of hydrogen-bond donors (Lipinski definition) is 0. The molecule has 0 spiro atoms. The zero-order valence-corrected chi connectivity index (χ0v) is 17.4. The molecule has 0 aliphatic rings. The lowest BCUT2D eigenvalue weighted by Crippen LogP contribution is -2.20. The Balaban J connectivity index is 3.59. The molecule has 0 aromatic heterocycles. The summed E-state index contributed by atoms with van der Waals surface area (Å²) in [6.45, 7) is 0.619. The standard InChI is InChI=1S/C14H30O8Si2/c1-17-23(18-2)11-5-9-21-13(15)7-8-14(16)22-10-6-12-24(19-3)20-4/h23-24H,5-12H2,1-4H3. The van der Waals surface area contributed by atoms with Gasteiger partial charge in [-0.2, -0.15) is 0 Å². The number of esters is 2. The molecule has 0 saturated heterocycles. The van der Waals surface area contributed by atoms with E-state index >= 15 is 0 Å². The van der Waals surface area contributed by atoms with Crippen LogP contribution in [0.3, 0.4) is 0 Å². The number of carbonyl (C=O) groups is 2. The topological polar surface area (TPSA) is 89.5 Å². The summed E-state index contributed by atoms with van der Waals surface area (Å²) in [6.07, 6.45) is 1.45. The summed E-state index contributed by atoms with van der Waals surface area (Å²) in [4.78, 5) is 23.0. The van der Waals surface area contributed by atoms with Crippen LogP contribution in [-0.4, -0.2) is 72.2 Å². The first-order chi connectivity index (χ1) is 11.6. The van der Waals surface area contributed by atoms with E-state index in [1.165, 1.54) is 0 Å². The van der Waals surface area contributed by atoms with Crippen molar-refractivity contribution < 1.29 is 36.8 Å². The Hall–Kier alpha value is -0.786. The van der Waals surface area contributed by atoms with E-state index < -0.39 is 30.5 Å². The molecule has 0 atom stereocenters. The Kier molecular flexibility index (Phi) is 15.2. The highest BCUT2D eigenvalue weighted by Crippen LogP contribution is 2.03. The van der Waals surface area contributed by atoms with Crippen molar-refractivity contribution in [2.24, 2.45) is 0 Å². The summed E-state index contributed by atoms with van der Waals surface area (Å²) in [7, 11) is 3.27. The lowest BCUT2D eigenvalue weighted by Gasteiger charge is -2.11. The molecule has 0 fully saturated rings. The molecule has 0 amide bonds. The fourth-order valence-electron chi connectivity index (χ4n) is 1.88. The summed E-state index contributed by atoms with van der Waals surface area (Å²) in [6, 6.07) is 1.55. The summed E-state index contributed by atoms with van der Waals surface area (Å²) < 4.78 is 30.8. The fraction of sp³-hybridized carbons (Fsp3) is 0.857. The van der Waals surface area contributed by atoms with Gasteiger partial charge in [-0.1, -0.05) is 0 Å². The van der Waals surface area contributed by atoms with Gasteiger partial charge in [0.2, 0.25) is 0 Å². The minimum Gasteiger partial charge on any atom is -0.466 e. The molecule has 0 aliphatic carbocycles. The molecule has 0 rings (SSSR count). The molecule has 0 aromatic rings. The summed E-state index contributed by atoms with van der Waals surface area (Å²) in [5.41, 5.74) is 0. The maximum atomic E-state index is 11.5. The third-order valence-electron chi connectivity index (χ3n) is 3.28. The van der Waals surface area contributed by atoms with Gasteiger partial charge in [-0.25, -0.2) is 0 Å². The highest BCUT2D eigenvalue weighted by atomic mass is 28.3. The van der Waals surface area contributed by atoms with Crippen LogP contribution in [0.2, 0.25) is 12.1 Å². The Morgan fingerprint density at radius 1 is 0.667 bits per heavy atom. The molecule has 0 bridgehead atoms. The van der Waals surface area contributed by atoms with Crippen molar-refractivity contribution in [2.45, 2.75) is 37.8 Å². The molecule has 24 heavy (non-hydrogen) atoms. The van der Waals surface area contributed by atoms with E-state index in [9.17, 15) is 9.59 Å². The van der Waals surface area contributed by atoms with Crippen molar-refractivity contribution in [1.82, 2.24) is 0 Å². The van der Waals surface area contributed by atoms with Crippen LogP contribution in [0.4, 0.5) is 0 Å². The van der Waals surface area contributed by atoms with Gasteiger partial charge in [0.1, 0.15) is 0 Å². The normalized spacial score (nSPS) is 11.1. The second-order valence-electron chi connectivity index (χ2n) is 5.03. The van der Waals surface area contributed by atoms with Crippen LogP contribution in [0.5, 0.6) is 0 Å². The fourth-order valence-corrected chi connectivity index (χ4v) is 4.21. The molecule has 0 saturated carbocycles. The van der Waals surface area contributed by atoms with Crippen LogP contribution in [0.1, 0.15) is 25.7 Å². The Labute approximate surface area is 147 Å². The van der Waals surface area contributed by atoms with Crippen molar-refractivity contribution >= 4 is 30.5 Å². The maximum absolute atomic E-state index is 11.5. The number of hydrogen-bond acceptors (Lipinski definition) is 8. The van der Waals surface area contributed by atoms with Crippen molar-refractivity contribution in [3.63, 3.8) is 0 Å². The lowest BCUT2D eigenvalue weighted by molar-refractivity contribution is -0.150. The highest BCUT2D eigenvalue weighted by molar-refractivity contribution is 6.44. The van der Waals surface area contributed by atoms with Gasteiger partial charge in [-0.15, -0.1) is 0 Å². The molecule has 10 heteroatoms. The molecule has 0 radical (unpaired) electrons. The number of carbonyl (C=O) groups excluding carboxylic acids is 2. The third-order valence-corrected chi connectivity index (χ3v) is 7.14. The van der Waals surface area contributed by atoms with Gasteiger partial charge in [-0.05, 0) is 24.9 Å². The zero-order valence-electron chi connectivity index (χ0n) is 15.1. The molecule has 0 unspecified atom stereocenters. The second-order valence-corrected chi connectivity index (χ2v) is 9.79. The zero-order chi connectivity index (χ0) is 18.2. The van der Waals surface area contributed by atoms with Crippen molar-refractivity contribution in [3.8, 4) is 0 Å². The predicted molar refractivity (Wildman–Crippen MR) is 92.3 cm³/mol. The molecule has 0 N–H and O–H groups in total. The van der Waals surface area contributed by atoms with Gasteiger partial charge in [0, 0.05) is 28.4 Å². The Morgan fingerprint density at radius 2 is 1.00 bits per heavy atom. The average molecular weight is 383 g/mol. The van der Waals surface area contributed by atoms with Crippen molar-refractivity contribution in [2.75, 3.05) is 41.7 Å². The van der Waals surface area contributed by atoms with Crippen LogP contribution in [0.25, 0.3) is 0 Å². The first kappa shape index (κ1) is 23.2. The van der Waals surface area contributed by atoms with E-state index in [2.05, 4.69) is 0 Å². The Bertz CT molecular complexity index is 303. The van der Waals surface area contributed by atoms with E-state index in [0.29, 0.717) is 26.1 Å². The number of ether oxygens (including phenoxy) is 2. The maximum Gasteiger partial charge on any atom is 0.321 e. The third kappa shape index (κ3) is 12.6. The highest BCUT2D eigenvalue weighted by Gasteiger charge is 2.13. The van der Waals surface area contributed by atoms with E-state index in [4.69, 9.17) is 27.2 Å². The van der Waals surface area contributed by atoms with Crippen LogP contribution < -0.4 is 0 Å². The smallest absolute Gasteiger partial charge is 0.321 e. The molecular formula is C14H30O8Si2. The molecule has 8 nitrogen and oxygen atoms in total. The van der Waals surface area contributed by atoms with Gasteiger partial charge >= 0.3 is 30.5 Å². The molecule has 0 aromatic carbocycles. The van der Waals surface area contributed by atoms with Gasteiger partial charge < -0.3 is 27.2 Å². The monoisotopic (exact) mass is 382 g/mol. The SMILES string of the molecule is CO[SiH](CCCOC(=O)CCC(=O)OCCC[SiH](OC)OC)OC. The van der Waals surface area contributed by atoms with E-state index in [0.717, 1.165) is 12.1 Å². The molecule has 0 aliphatic heterocycles. The quantitative estimate of drug-likeness (QED) is 0.232. The van der Waals surface area contributed by atoms with Crippen LogP contribution in [0.15, 0.2) is 0 Å². The largest absolute Gasteiger partial charge is 0.466 e. The second kappa shape index (κ2) is 15.7. The Morgan fingerprint density at radius 3 is 1.29 bits per heavy atom. The minimum absolute atomic E-state index is 0.0295. The van der Waals surface area contributed by atoms with Crippen LogP contribution in [0, 0.1) is 0 Å². The van der Waals surface area contributed by atoms with E-state index in [-0.39, 0.29) is 12.8 Å². The van der Waals surface area contributed by atoms with Crippen LogP contribution >= 0.6 is 0 Å². The van der Waals surface area contributed by atoms with Crippen molar-refractivity contribution in [3.05, 3.63) is 0 Å². The summed E-state index contributed by atoms with van der Waals surface area (Å²) >= 11 is 0. The number of rotatable bonds is 15.